The van der Waals surface area contributed by atoms with Gasteiger partial charge in [0.2, 0.25) is 0 Å². The van der Waals surface area contributed by atoms with Crippen molar-refractivity contribution in [2.45, 2.75) is 24.0 Å². The van der Waals surface area contributed by atoms with E-state index in [0.29, 0.717) is 23.6 Å². The zero-order chi connectivity index (χ0) is 19.7. The van der Waals surface area contributed by atoms with Crippen LogP contribution in [0.2, 0.25) is 0 Å². The zero-order valence-corrected chi connectivity index (χ0v) is 17.3. The van der Waals surface area contributed by atoms with Crippen LogP contribution in [0.4, 0.5) is 0 Å². The first-order valence-corrected chi connectivity index (χ1v) is 10.8. The van der Waals surface area contributed by atoms with Gasteiger partial charge in [-0.05, 0) is 44.2 Å². The molecule has 4 rings (SSSR count). The van der Waals surface area contributed by atoms with Crippen molar-refractivity contribution >= 4 is 39.8 Å². The molecule has 0 aromatic carbocycles. The maximum Gasteiger partial charge on any atom is 0.183 e. The number of hydrogen-bond acceptors (Lipinski definition) is 8. The first-order valence-electron chi connectivity index (χ1n) is 8.99. The molecule has 146 valence electrons. The molecule has 1 unspecified atom stereocenters. The number of aliphatic hydroxyl groups is 1. The fourth-order valence-electron chi connectivity index (χ4n) is 3.25. The Balaban J connectivity index is 1.53. The van der Waals surface area contributed by atoms with Crippen LogP contribution in [-0.4, -0.2) is 46.8 Å². The highest BCUT2D eigenvalue weighted by Crippen LogP contribution is 2.34. The van der Waals surface area contributed by atoms with Crippen molar-refractivity contribution in [2.75, 3.05) is 26.0 Å². The number of ether oxygens (including phenoxy) is 1. The Hall–Kier alpha value is -2.00. The first-order chi connectivity index (χ1) is 13.5. The average molecular weight is 416 g/mol. The molecule has 6 nitrogen and oxygen atoms in total. The molecule has 1 aliphatic rings. The lowest BCUT2D eigenvalue weighted by Gasteiger charge is -2.18. The van der Waals surface area contributed by atoms with Crippen molar-refractivity contribution < 1.29 is 14.6 Å². The molecule has 0 radical (unpaired) electrons. The lowest BCUT2D eigenvalue weighted by atomic mass is 10.0. The van der Waals surface area contributed by atoms with E-state index in [0.717, 1.165) is 33.0 Å². The number of pyridine rings is 2. The number of nitrogens with one attached hydrogen (secondary N) is 1. The minimum atomic E-state index is -0.854. The van der Waals surface area contributed by atoms with Gasteiger partial charge in [-0.1, -0.05) is 11.8 Å². The SMILES string of the molecule is COc1cnc2cc(C)nc(SCC(=O)c3ccc(C4(O)CCNC4)s3)c2c1. The van der Waals surface area contributed by atoms with E-state index in [1.54, 1.807) is 13.3 Å². The standard InChI is InChI=1S/C20H21N3O3S2/c1-12-7-15-14(8-13(26-2)9-22-15)19(23-12)27-10-16(24)17-3-4-18(28-17)20(25)5-6-21-11-20/h3-4,7-9,21,25H,5-6,10-11H2,1-2H3. The topological polar surface area (TPSA) is 84.3 Å². The molecule has 1 aliphatic heterocycles. The van der Waals surface area contributed by atoms with Crippen LogP contribution in [0, 0.1) is 6.92 Å². The fraction of sp³-hybridized carbons (Fsp3) is 0.350. The summed E-state index contributed by atoms with van der Waals surface area (Å²) in [5.41, 5.74) is 0.833. The highest BCUT2D eigenvalue weighted by molar-refractivity contribution is 8.00. The molecule has 2 N–H and O–H groups in total. The Morgan fingerprint density at radius 1 is 1.43 bits per heavy atom. The van der Waals surface area contributed by atoms with Gasteiger partial charge in [0.25, 0.3) is 0 Å². The summed E-state index contributed by atoms with van der Waals surface area (Å²) < 4.78 is 5.27. The van der Waals surface area contributed by atoms with Gasteiger partial charge in [0.1, 0.15) is 16.4 Å². The second-order valence-electron chi connectivity index (χ2n) is 6.84. The van der Waals surface area contributed by atoms with Crippen LogP contribution in [-0.2, 0) is 5.60 Å². The zero-order valence-electron chi connectivity index (χ0n) is 15.7. The van der Waals surface area contributed by atoms with Crippen molar-refractivity contribution in [2.24, 2.45) is 0 Å². The van der Waals surface area contributed by atoms with Crippen LogP contribution in [0.1, 0.15) is 26.7 Å². The quantitative estimate of drug-likeness (QED) is 0.472. The van der Waals surface area contributed by atoms with Gasteiger partial charge < -0.3 is 15.2 Å². The van der Waals surface area contributed by atoms with Crippen LogP contribution in [0.15, 0.2) is 35.5 Å². The maximum atomic E-state index is 12.7. The molecule has 0 aliphatic carbocycles. The number of carbonyl (C=O) groups excluding carboxylic acids is 1. The third-order valence-corrected chi connectivity index (χ3v) is 7.11. The number of fused-ring (bicyclic) bond motifs is 1. The number of hydrogen-bond donors (Lipinski definition) is 2. The Bertz CT molecular complexity index is 1030. The molecule has 8 heteroatoms. The van der Waals surface area contributed by atoms with Gasteiger partial charge in [-0.3, -0.25) is 9.78 Å². The van der Waals surface area contributed by atoms with Crippen LogP contribution in [0.5, 0.6) is 5.75 Å². The van der Waals surface area contributed by atoms with E-state index < -0.39 is 5.60 Å². The molecule has 0 saturated carbocycles. The summed E-state index contributed by atoms with van der Waals surface area (Å²) in [7, 11) is 1.60. The van der Waals surface area contributed by atoms with E-state index in [-0.39, 0.29) is 11.5 Å². The highest BCUT2D eigenvalue weighted by Gasteiger charge is 2.34. The molecular weight excluding hydrogens is 394 g/mol. The Kier molecular flexibility index (Phi) is 5.37. The smallest absolute Gasteiger partial charge is 0.183 e. The number of nitrogens with zero attached hydrogens (tertiary/aromatic N) is 2. The number of Topliss-reactive ketones (excluding diaryl/α,β-unsaturated/α-hetero) is 1. The largest absolute Gasteiger partial charge is 0.495 e. The number of aromatic nitrogens is 2. The summed E-state index contributed by atoms with van der Waals surface area (Å²) in [6.07, 6.45) is 2.35. The van der Waals surface area contributed by atoms with Gasteiger partial charge in [0.15, 0.2) is 5.78 Å². The van der Waals surface area contributed by atoms with E-state index in [4.69, 9.17) is 4.74 Å². The van der Waals surface area contributed by atoms with Gasteiger partial charge in [-0.15, -0.1) is 11.3 Å². The lowest BCUT2D eigenvalue weighted by Crippen LogP contribution is -2.26. The number of β-amino-alcohol motifs (C(OH)–C–C–N with tert-alkyl or cyclic N) is 1. The van der Waals surface area contributed by atoms with Crippen LogP contribution in [0.25, 0.3) is 10.9 Å². The van der Waals surface area contributed by atoms with Crippen molar-refractivity contribution in [3.8, 4) is 5.75 Å². The van der Waals surface area contributed by atoms with Gasteiger partial charge >= 0.3 is 0 Å². The van der Waals surface area contributed by atoms with Crippen molar-refractivity contribution in [3.05, 3.63) is 45.9 Å². The molecule has 3 aromatic heterocycles. The summed E-state index contributed by atoms with van der Waals surface area (Å²) in [4.78, 5) is 23.2. The Morgan fingerprint density at radius 2 is 2.29 bits per heavy atom. The van der Waals surface area contributed by atoms with E-state index in [9.17, 15) is 9.90 Å². The van der Waals surface area contributed by atoms with Gasteiger partial charge in [-0.25, -0.2) is 4.98 Å². The minimum Gasteiger partial charge on any atom is -0.495 e. The van der Waals surface area contributed by atoms with Gasteiger partial charge in [-0.2, -0.15) is 0 Å². The predicted molar refractivity (Wildman–Crippen MR) is 112 cm³/mol. The minimum absolute atomic E-state index is 0.0307. The van der Waals surface area contributed by atoms with Crippen molar-refractivity contribution in [1.29, 1.82) is 0 Å². The summed E-state index contributed by atoms with van der Waals surface area (Å²) >= 11 is 2.78. The van der Waals surface area contributed by atoms with E-state index in [2.05, 4.69) is 15.3 Å². The van der Waals surface area contributed by atoms with E-state index in [1.165, 1.54) is 23.1 Å². The normalized spacial score (nSPS) is 19.2. The Labute approximate surface area is 171 Å². The molecule has 28 heavy (non-hydrogen) atoms. The molecular formula is C20H21N3O3S2. The number of methoxy groups -OCH3 is 1. The fourth-order valence-corrected chi connectivity index (χ4v) is 5.35. The number of thioether (sulfide) groups is 1. The molecule has 0 bridgehead atoms. The summed E-state index contributed by atoms with van der Waals surface area (Å²) in [6, 6.07) is 7.49. The summed E-state index contributed by atoms with van der Waals surface area (Å²) in [6.45, 7) is 3.24. The number of thiophene rings is 1. The molecule has 1 fully saturated rings. The lowest BCUT2D eigenvalue weighted by molar-refractivity contribution is 0.0626. The van der Waals surface area contributed by atoms with Crippen LogP contribution >= 0.6 is 23.1 Å². The van der Waals surface area contributed by atoms with Gasteiger partial charge in [0, 0.05) is 22.5 Å². The highest BCUT2D eigenvalue weighted by atomic mass is 32.2. The van der Waals surface area contributed by atoms with Gasteiger partial charge in [0.05, 0.1) is 29.5 Å². The number of rotatable bonds is 6. The van der Waals surface area contributed by atoms with E-state index in [1.807, 2.05) is 31.2 Å². The number of ketones is 1. The summed E-state index contributed by atoms with van der Waals surface area (Å²) in [5, 5.41) is 15.5. The van der Waals surface area contributed by atoms with Crippen LogP contribution in [0.3, 0.4) is 0 Å². The molecule has 4 heterocycles. The van der Waals surface area contributed by atoms with Crippen molar-refractivity contribution in [3.63, 3.8) is 0 Å². The second kappa shape index (κ2) is 7.79. The average Bonchev–Trinajstić information content (AvgIpc) is 3.35. The third kappa shape index (κ3) is 3.77. The second-order valence-corrected chi connectivity index (χ2v) is 8.89. The van der Waals surface area contributed by atoms with Crippen molar-refractivity contribution in [1.82, 2.24) is 15.3 Å². The molecule has 1 saturated heterocycles. The monoisotopic (exact) mass is 415 g/mol. The molecule has 3 aromatic rings. The van der Waals surface area contributed by atoms with Crippen LogP contribution < -0.4 is 10.1 Å². The number of carbonyl (C=O) groups is 1. The Morgan fingerprint density at radius 3 is 3.04 bits per heavy atom. The maximum absolute atomic E-state index is 12.7. The molecule has 0 amide bonds. The number of aryl methyl sites for hydroxylation is 1. The summed E-state index contributed by atoms with van der Waals surface area (Å²) in [5.74, 6) is 0.968. The first kappa shape index (κ1) is 19.3. The third-order valence-electron chi connectivity index (χ3n) is 4.80. The predicted octanol–water partition coefficient (Wildman–Crippen LogP) is 3.16. The molecule has 0 spiro atoms. The van der Waals surface area contributed by atoms with E-state index >= 15 is 0 Å². The molecule has 1 atom stereocenters.